The second-order valence-electron chi connectivity index (χ2n) is 9.79. The van der Waals surface area contributed by atoms with Crippen molar-refractivity contribution in [3.63, 3.8) is 0 Å². The second-order valence-corrected chi connectivity index (χ2v) is 12.8. The zero-order valence-electron chi connectivity index (χ0n) is 23.2. The van der Waals surface area contributed by atoms with E-state index in [0.717, 1.165) is 21.1 Å². The SMILES string of the molecule is Nc1nc(C(NC(=O)c2cc(=O)c(O)cn2O)C(=O)N[C@@H]2C(=O)N3C(C(=O)[O-])=C(CSc4cc[n+](CC(=O)O)cc4)CS[C@H]23)cs1. The summed E-state index contributed by atoms with van der Waals surface area (Å²) in [6.45, 7) is -0.216. The summed E-state index contributed by atoms with van der Waals surface area (Å²) in [5, 5.41) is 46.0. The maximum Gasteiger partial charge on any atom is 0.370 e. The highest BCUT2D eigenvalue weighted by Gasteiger charge is 2.53. The number of thioether (sulfide) groups is 2. The van der Waals surface area contributed by atoms with Crippen LogP contribution in [0.5, 0.6) is 5.75 Å². The molecule has 17 nitrogen and oxygen atoms in total. The first-order chi connectivity index (χ1) is 21.8. The van der Waals surface area contributed by atoms with Gasteiger partial charge in [0.1, 0.15) is 17.1 Å². The first kappa shape index (κ1) is 32.3. The van der Waals surface area contributed by atoms with Crippen LogP contribution in [0.4, 0.5) is 5.13 Å². The highest BCUT2D eigenvalue weighted by molar-refractivity contribution is 8.01. The minimum Gasteiger partial charge on any atom is -0.543 e. The van der Waals surface area contributed by atoms with E-state index in [1.54, 1.807) is 24.5 Å². The Balaban J connectivity index is 1.30. The number of aromatic nitrogens is 3. The third-order valence-corrected chi connectivity index (χ3v) is 9.88. The highest BCUT2D eigenvalue weighted by Crippen LogP contribution is 2.41. The van der Waals surface area contributed by atoms with Gasteiger partial charge in [-0.25, -0.2) is 9.78 Å². The van der Waals surface area contributed by atoms with Crippen molar-refractivity contribution in [1.29, 1.82) is 0 Å². The summed E-state index contributed by atoms with van der Waals surface area (Å²) < 4.78 is 1.66. The van der Waals surface area contributed by atoms with Gasteiger partial charge < -0.3 is 41.7 Å². The second kappa shape index (κ2) is 13.1. The molecule has 7 N–H and O–H groups in total. The van der Waals surface area contributed by atoms with Crippen LogP contribution in [0, 0.1) is 0 Å². The van der Waals surface area contributed by atoms with Crippen LogP contribution in [0.3, 0.4) is 0 Å². The van der Waals surface area contributed by atoms with Crippen LogP contribution in [0.25, 0.3) is 0 Å². The first-order valence-electron chi connectivity index (χ1n) is 13.0. The number of amides is 3. The zero-order chi connectivity index (χ0) is 33.3. The van der Waals surface area contributed by atoms with Crippen LogP contribution < -0.4 is 31.5 Å². The van der Waals surface area contributed by atoms with Gasteiger partial charge in [0.2, 0.25) is 17.9 Å². The molecule has 46 heavy (non-hydrogen) atoms. The Morgan fingerprint density at radius 3 is 2.59 bits per heavy atom. The number of fused-ring (bicyclic) bond motifs is 1. The molecule has 5 heterocycles. The van der Waals surface area contributed by atoms with Crippen molar-refractivity contribution in [3.05, 3.63) is 75.1 Å². The molecule has 1 unspecified atom stereocenters. The number of aromatic hydroxyl groups is 1. The monoisotopic (exact) mass is 689 g/mol. The van der Waals surface area contributed by atoms with Gasteiger partial charge in [-0.2, -0.15) is 9.30 Å². The van der Waals surface area contributed by atoms with Crippen LogP contribution in [-0.4, -0.2) is 82.6 Å². The Hall–Kier alpha value is -5.08. The Kier molecular flexibility index (Phi) is 9.21. The van der Waals surface area contributed by atoms with Crippen molar-refractivity contribution >= 4 is 69.7 Å². The van der Waals surface area contributed by atoms with Gasteiger partial charge in [-0.05, 0) is 5.57 Å². The molecule has 0 radical (unpaired) electrons. The summed E-state index contributed by atoms with van der Waals surface area (Å²) in [6, 6.07) is 1.28. The molecule has 3 amide bonds. The zero-order valence-corrected chi connectivity index (χ0v) is 25.6. The lowest BCUT2D eigenvalue weighted by molar-refractivity contribution is -0.686. The Morgan fingerprint density at radius 2 is 1.96 bits per heavy atom. The number of carboxylic acids is 2. The lowest BCUT2D eigenvalue weighted by Gasteiger charge is -2.51. The van der Waals surface area contributed by atoms with Crippen molar-refractivity contribution in [2.24, 2.45) is 0 Å². The topological polar surface area (TPSA) is 261 Å². The van der Waals surface area contributed by atoms with Gasteiger partial charge in [-0.3, -0.25) is 24.1 Å². The van der Waals surface area contributed by atoms with E-state index in [0.29, 0.717) is 17.8 Å². The number of nitrogens with one attached hydrogen (secondary N) is 2. The van der Waals surface area contributed by atoms with Crippen molar-refractivity contribution in [1.82, 2.24) is 25.2 Å². The molecular formula is C26H23N7O10S3. The molecule has 0 aromatic carbocycles. The van der Waals surface area contributed by atoms with Crippen LogP contribution in [0.2, 0.25) is 0 Å². The van der Waals surface area contributed by atoms with Crippen molar-refractivity contribution in [2.45, 2.75) is 28.9 Å². The summed E-state index contributed by atoms with van der Waals surface area (Å²) in [5.74, 6) is -5.74. The van der Waals surface area contributed by atoms with Gasteiger partial charge in [0, 0.05) is 40.0 Å². The van der Waals surface area contributed by atoms with E-state index in [9.17, 15) is 44.2 Å². The van der Waals surface area contributed by atoms with Gasteiger partial charge in [-0.15, -0.1) is 34.9 Å². The quantitative estimate of drug-likeness (QED) is 0.0544. The summed E-state index contributed by atoms with van der Waals surface area (Å²) in [6.07, 6.45) is 3.75. The average Bonchev–Trinajstić information content (AvgIpc) is 3.44. The number of nitrogens with two attached hydrogens (primary N) is 1. The number of thiazole rings is 1. The third-order valence-electron chi connectivity index (χ3n) is 6.75. The molecule has 0 saturated carbocycles. The fourth-order valence-electron chi connectivity index (χ4n) is 4.59. The molecule has 3 atom stereocenters. The highest BCUT2D eigenvalue weighted by atomic mass is 32.2. The standard InChI is InChI=1S/C26H23N7O10S3/c27-26-28-13(10-46-26)18(29-21(38)14-5-15(34)16(35)6-32(14)43)22(39)30-19-23(40)33-20(25(41)42)11(9-45-24(19)33)8-44-12-1-3-31(4-2-12)7-17(36)37/h1-6,10,18-19,24,43H,7-9H2,(H6-,27,28,29,30,35,36,37,38,39,41,42)/t18?,19-,24-/m1/s1. The van der Waals surface area contributed by atoms with Crippen molar-refractivity contribution in [3.8, 4) is 5.75 Å². The molecule has 2 aliphatic heterocycles. The number of β-lactam (4-membered cyclic amide) rings is 1. The first-order valence-corrected chi connectivity index (χ1v) is 15.9. The lowest BCUT2D eigenvalue weighted by atomic mass is 10.0. The number of carbonyl (C=O) groups excluding carboxylic acids is 4. The molecule has 1 fully saturated rings. The molecule has 0 spiro atoms. The van der Waals surface area contributed by atoms with E-state index in [-0.39, 0.29) is 39.3 Å². The van der Waals surface area contributed by atoms with Gasteiger partial charge in [-0.1, -0.05) is 0 Å². The van der Waals surface area contributed by atoms with Gasteiger partial charge in [0.15, 0.2) is 29.3 Å². The van der Waals surface area contributed by atoms with Crippen LogP contribution in [0.1, 0.15) is 22.2 Å². The fraction of sp³-hybridized carbons (Fsp3) is 0.231. The number of nitrogen functional groups attached to an aromatic ring is 1. The summed E-state index contributed by atoms with van der Waals surface area (Å²) in [4.78, 5) is 80.2. The smallest absolute Gasteiger partial charge is 0.370 e. The van der Waals surface area contributed by atoms with Crippen LogP contribution >= 0.6 is 34.9 Å². The van der Waals surface area contributed by atoms with E-state index in [1.807, 2.05) is 0 Å². The molecular weight excluding hydrogens is 667 g/mol. The van der Waals surface area contributed by atoms with Crippen LogP contribution in [0.15, 0.2) is 63.1 Å². The number of pyridine rings is 2. The fourth-order valence-corrected chi connectivity index (χ4v) is 7.54. The number of nitrogens with zero attached hydrogens (tertiary/aromatic N) is 4. The Bertz CT molecular complexity index is 1840. The number of aliphatic carboxylic acids is 2. The molecule has 240 valence electrons. The molecule has 20 heteroatoms. The number of carboxylic acid groups (broad SMARTS) is 2. The summed E-state index contributed by atoms with van der Waals surface area (Å²) >= 11 is 3.46. The predicted octanol–water partition coefficient (Wildman–Crippen LogP) is -2.13. The van der Waals surface area contributed by atoms with E-state index >= 15 is 0 Å². The molecule has 3 aromatic heterocycles. The maximum absolute atomic E-state index is 13.4. The molecule has 0 bridgehead atoms. The van der Waals surface area contributed by atoms with Crippen molar-refractivity contribution in [2.75, 3.05) is 17.2 Å². The summed E-state index contributed by atoms with van der Waals surface area (Å²) in [5.41, 5.74) is 4.22. The van der Waals surface area contributed by atoms with Gasteiger partial charge in [0.25, 0.3) is 11.8 Å². The number of rotatable bonds is 11. The molecule has 5 rings (SSSR count). The van der Waals surface area contributed by atoms with E-state index in [1.165, 1.54) is 33.5 Å². The largest absolute Gasteiger partial charge is 0.543 e. The minimum absolute atomic E-state index is 0.0112. The van der Waals surface area contributed by atoms with Gasteiger partial charge in [0.05, 0.1) is 23.6 Å². The maximum atomic E-state index is 13.4. The number of hydrogen-bond donors (Lipinski definition) is 6. The molecule has 0 aliphatic carbocycles. The molecule has 3 aromatic rings. The summed E-state index contributed by atoms with van der Waals surface area (Å²) in [7, 11) is 0. The number of carbonyl (C=O) groups is 5. The van der Waals surface area contributed by atoms with E-state index in [2.05, 4.69) is 15.6 Å². The van der Waals surface area contributed by atoms with E-state index in [4.69, 9.17) is 10.8 Å². The van der Waals surface area contributed by atoms with Crippen LogP contribution in [-0.2, 0) is 25.7 Å². The average molecular weight is 690 g/mol. The number of anilines is 1. The normalized spacial score (nSPS) is 17.9. The molecule has 1 saturated heterocycles. The third kappa shape index (κ3) is 6.62. The lowest BCUT2D eigenvalue weighted by Crippen LogP contribution is -2.71. The van der Waals surface area contributed by atoms with E-state index < -0.39 is 64.0 Å². The molecule has 2 aliphatic rings. The van der Waals surface area contributed by atoms with Gasteiger partial charge >= 0.3 is 5.97 Å². The Morgan fingerprint density at radius 1 is 1.24 bits per heavy atom. The number of hydrogen-bond acceptors (Lipinski definition) is 14. The predicted molar refractivity (Wildman–Crippen MR) is 158 cm³/mol. The Labute approximate surface area is 270 Å². The minimum atomic E-state index is -1.57. The van der Waals surface area contributed by atoms with Crippen molar-refractivity contribution < 1.29 is 49.1 Å².